The summed E-state index contributed by atoms with van der Waals surface area (Å²) in [6.07, 6.45) is 5.59. The summed E-state index contributed by atoms with van der Waals surface area (Å²) in [5.74, 6) is -4.15. The zero-order valence-electron chi connectivity index (χ0n) is 44.8. The zero-order chi connectivity index (χ0) is 56.1. The number of nitrogens with zero attached hydrogens (tertiary/aromatic N) is 2. The molecule has 3 aromatic heterocycles. The van der Waals surface area contributed by atoms with Crippen LogP contribution < -0.4 is 16.2 Å². The van der Waals surface area contributed by atoms with Gasteiger partial charge in [-0.1, -0.05) is 60.2 Å². The number of aryl methyl sites for hydroxylation is 4. The van der Waals surface area contributed by atoms with Gasteiger partial charge in [-0.2, -0.15) is 0 Å². The second kappa shape index (κ2) is 26.7. The van der Waals surface area contributed by atoms with Crippen molar-refractivity contribution in [3.63, 3.8) is 0 Å². The van der Waals surface area contributed by atoms with E-state index in [2.05, 4.69) is 46.6 Å². The number of carboxylic acid groups (broad SMARTS) is 1. The third-order valence-electron chi connectivity index (χ3n) is 13.7. The van der Waals surface area contributed by atoms with Crippen molar-refractivity contribution in [1.29, 1.82) is 0 Å². The number of carbonyl (C=O) groups excluding carboxylic acids is 6. The lowest BCUT2D eigenvalue weighted by Gasteiger charge is -2.36. The number of hydrogen-bond acceptors (Lipinski definition) is 16. The predicted octanol–water partition coefficient (Wildman–Crippen LogP) is 7.49. The minimum absolute atomic E-state index is 0.0466. The third kappa shape index (κ3) is 14.1. The van der Waals surface area contributed by atoms with Crippen LogP contribution in [0.15, 0.2) is 54.6 Å². The van der Waals surface area contributed by atoms with Crippen molar-refractivity contribution in [3.05, 3.63) is 99.7 Å². The second-order valence-electron chi connectivity index (χ2n) is 19.0. The van der Waals surface area contributed by atoms with E-state index in [0.29, 0.717) is 68.7 Å². The maximum Gasteiger partial charge on any atom is 0.426 e. The first-order valence-corrected chi connectivity index (χ1v) is 27.5. The minimum atomic E-state index is -1.24. The van der Waals surface area contributed by atoms with Crippen LogP contribution in [0.1, 0.15) is 98.4 Å². The Morgan fingerprint density at radius 1 is 0.779 bits per heavy atom. The molecule has 8 bridgehead atoms. The van der Waals surface area contributed by atoms with Crippen LogP contribution in [0.25, 0.3) is 38.8 Å². The molecule has 3 atom stereocenters. The average Bonchev–Trinajstić information content (AvgIpc) is 4.06. The summed E-state index contributed by atoms with van der Waals surface area (Å²) in [6.45, 7) is 16.5. The van der Waals surface area contributed by atoms with Gasteiger partial charge in [-0.15, -0.1) is 0 Å². The quantitative estimate of drug-likeness (QED) is 0.0176. The van der Waals surface area contributed by atoms with Gasteiger partial charge in [0.1, 0.15) is 18.6 Å². The van der Waals surface area contributed by atoms with Crippen LogP contribution in [-0.4, -0.2) is 126 Å². The molecule has 6 N–H and O–H groups in total. The van der Waals surface area contributed by atoms with Gasteiger partial charge in [0.2, 0.25) is 11.8 Å². The summed E-state index contributed by atoms with van der Waals surface area (Å²) in [4.78, 5) is 107. The number of fused-ring (bicyclic) bond motifs is 11. The van der Waals surface area contributed by atoms with Gasteiger partial charge in [0.25, 0.3) is 0 Å². The lowest BCUT2D eigenvalue weighted by atomic mass is 9.64. The average molecular weight is 1100 g/mol. The van der Waals surface area contributed by atoms with E-state index >= 15 is 0 Å². The Labute approximate surface area is 454 Å². The SMILES string of the molecule is C=CC1=C(C)c2cc3nc(cc4[nH]c(cc5[nH]c(cc1n2)c(C)c5CCC(=O)NNC(=O)OCCSSC[C@@H](NC(=O)CCOCCC(C)C)C(=O)O)c(CCC(=O)OC)c4C)[C@]1(C)C3=CC=C(C(=O)OC)[C@@H]1C(=O)OC. The van der Waals surface area contributed by atoms with Crippen molar-refractivity contribution in [3.8, 4) is 0 Å². The van der Waals surface area contributed by atoms with Crippen LogP contribution in [0.4, 0.5) is 4.79 Å². The van der Waals surface area contributed by atoms with Crippen LogP contribution in [0, 0.1) is 25.7 Å². The minimum Gasteiger partial charge on any atom is -0.480 e. The molecule has 412 valence electrons. The summed E-state index contributed by atoms with van der Waals surface area (Å²) in [6, 6.07) is 6.39. The van der Waals surface area contributed by atoms with Crippen molar-refractivity contribution in [2.75, 3.05) is 52.7 Å². The number of amides is 3. The number of carboxylic acids is 1. The Kier molecular flexibility index (Phi) is 20.5. The van der Waals surface area contributed by atoms with Gasteiger partial charge in [-0.05, 0) is 111 Å². The molecule has 0 radical (unpaired) electrons. The molecule has 0 saturated carbocycles. The number of nitrogens with one attached hydrogen (secondary N) is 5. The molecule has 0 saturated heterocycles. The van der Waals surface area contributed by atoms with Crippen molar-refractivity contribution in [2.45, 2.75) is 91.5 Å². The Bertz CT molecular complexity index is 3080. The largest absolute Gasteiger partial charge is 0.480 e. The van der Waals surface area contributed by atoms with Gasteiger partial charge in [-0.25, -0.2) is 24.8 Å². The number of aromatic amines is 2. The van der Waals surface area contributed by atoms with Crippen molar-refractivity contribution in [2.24, 2.45) is 11.8 Å². The third-order valence-corrected chi connectivity index (χ3v) is 16.1. The van der Waals surface area contributed by atoms with Crippen molar-refractivity contribution >= 4 is 102 Å². The molecule has 20 nitrogen and oxygen atoms in total. The van der Waals surface area contributed by atoms with Crippen LogP contribution in [0.2, 0.25) is 0 Å². The zero-order valence-corrected chi connectivity index (χ0v) is 46.4. The molecule has 0 aromatic carbocycles. The smallest absolute Gasteiger partial charge is 0.426 e. The number of H-pyrrole nitrogens is 2. The van der Waals surface area contributed by atoms with Crippen LogP contribution in [-0.2, 0) is 70.7 Å². The van der Waals surface area contributed by atoms with Crippen LogP contribution >= 0.6 is 21.6 Å². The molecule has 2 aliphatic heterocycles. The van der Waals surface area contributed by atoms with E-state index in [1.807, 2.05) is 52.0 Å². The number of methoxy groups -OCH3 is 3. The maximum atomic E-state index is 13.9. The number of aliphatic carboxylic acids is 1. The number of hydrogen-bond donors (Lipinski definition) is 6. The Balaban J connectivity index is 1.25. The molecule has 0 unspecified atom stereocenters. The topological polar surface area (TPSA) is 279 Å². The molecule has 3 aromatic rings. The van der Waals surface area contributed by atoms with Crippen LogP contribution in [0.5, 0.6) is 0 Å². The first-order chi connectivity index (χ1) is 36.7. The standard InChI is InChI=1S/C55H67N7O13S2/c1-11-33-30(4)39-25-44-37-15-12-36(52(68)72-9)50(53(69)73-10)55(37,7)46(59-44)27-40-32(6)35(14-17-49(65)71-8)43(58-40)26-42-34(31(5)38(57-42)24-41(33)56-39)13-16-48(64)61-62-54(70)75-22-23-76-77-28-45(51(66)67)60-47(63)19-21-74-20-18-29(2)3/h11-12,15,24-27,29,45,50,57-58H,1,13-14,16-23,28H2,2-10H3,(H,60,63)(H,61,64)(H,62,70)(H,66,67)/t45-,50-,55+/m1/s1. The lowest BCUT2D eigenvalue weighted by molar-refractivity contribution is -0.149. The molecule has 3 amide bonds. The summed E-state index contributed by atoms with van der Waals surface area (Å²) < 4.78 is 26.2. The van der Waals surface area contributed by atoms with Gasteiger partial charge in [0, 0.05) is 65.0 Å². The number of ether oxygens (including phenoxy) is 5. The van der Waals surface area contributed by atoms with E-state index < -0.39 is 59.2 Å². The van der Waals surface area contributed by atoms with Crippen molar-refractivity contribution in [1.82, 2.24) is 36.1 Å². The highest BCUT2D eigenvalue weighted by atomic mass is 33.1. The highest BCUT2D eigenvalue weighted by molar-refractivity contribution is 8.76. The van der Waals surface area contributed by atoms with Gasteiger partial charge < -0.3 is 44.1 Å². The predicted molar refractivity (Wildman–Crippen MR) is 295 cm³/mol. The van der Waals surface area contributed by atoms with Crippen molar-refractivity contribution < 1.29 is 62.4 Å². The number of rotatable bonds is 23. The molecule has 5 heterocycles. The molecule has 0 spiro atoms. The Morgan fingerprint density at radius 3 is 2.10 bits per heavy atom. The first kappa shape index (κ1) is 59.1. The number of esters is 3. The van der Waals surface area contributed by atoms with E-state index in [0.717, 1.165) is 39.8 Å². The fourth-order valence-electron chi connectivity index (χ4n) is 9.28. The van der Waals surface area contributed by atoms with E-state index in [4.69, 9.17) is 33.7 Å². The highest BCUT2D eigenvalue weighted by Crippen LogP contribution is 2.52. The van der Waals surface area contributed by atoms with Gasteiger partial charge in [-0.3, -0.25) is 29.6 Å². The fraction of sp³-hybridized carbons (Fsp3) is 0.436. The number of allylic oxidation sites excluding steroid dienone is 6. The molecule has 1 aliphatic carbocycles. The molecular weight excluding hydrogens is 1030 g/mol. The summed E-state index contributed by atoms with van der Waals surface area (Å²) in [5.41, 5.74) is 13.7. The lowest BCUT2D eigenvalue weighted by Crippen LogP contribution is -2.42. The number of aromatic nitrogens is 4. The maximum absolute atomic E-state index is 13.9. The van der Waals surface area contributed by atoms with Gasteiger partial charge in [0.15, 0.2) is 0 Å². The molecular formula is C55H67N7O13S2. The summed E-state index contributed by atoms with van der Waals surface area (Å²) in [7, 11) is 6.30. The summed E-state index contributed by atoms with van der Waals surface area (Å²) >= 11 is 0. The highest BCUT2D eigenvalue weighted by Gasteiger charge is 2.53. The van der Waals surface area contributed by atoms with Gasteiger partial charge in [0.05, 0.1) is 61.7 Å². The molecule has 6 rings (SSSR count). The van der Waals surface area contributed by atoms with E-state index in [-0.39, 0.29) is 56.6 Å². The van der Waals surface area contributed by atoms with E-state index in [1.54, 1.807) is 18.2 Å². The molecule has 77 heavy (non-hydrogen) atoms. The number of hydrazine groups is 1. The molecule has 3 aliphatic rings. The second-order valence-corrected chi connectivity index (χ2v) is 21.7. The monoisotopic (exact) mass is 1100 g/mol. The molecule has 22 heteroatoms. The Hall–Kier alpha value is -7.17. The normalized spacial score (nSPS) is 16.1. The van der Waals surface area contributed by atoms with E-state index in [9.17, 15) is 38.7 Å². The van der Waals surface area contributed by atoms with Crippen LogP contribution in [0.3, 0.4) is 0 Å². The molecule has 0 fully saturated rings. The fourth-order valence-corrected chi connectivity index (χ4v) is 11.3. The first-order valence-electron chi connectivity index (χ1n) is 25.0. The number of carbonyl (C=O) groups is 7. The van der Waals surface area contributed by atoms with E-state index in [1.165, 1.54) is 42.9 Å². The summed E-state index contributed by atoms with van der Waals surface area (Å²) in [5, 5.41) is 12.1. The van der Waals surface area contributed by atoms with Gasteiger partial charge >= 0.3 is 30.0 Å². The Morgan fingerprint density at radius 2 is 1.47 bits per heavy atom.